The van der Waals surface area contributed by atoms with Gasteiger partial charge in [0.1, 0.15) is 0 Å². The Bertz CT molecular complexity index is 468. The van der Waals surface area contributed by atoms with Gasteiger partial charge in [0, 0.05) is 30.7 Å². The first-order valence-corrected chi connectivity index (χ1v) is 8.91. The standard InChI is InChI=1S/C18H27ClN2O/c1-2-9-20-17-12-18(22-14-17)7-10-21(11-8-18)13-15-3-5-16(19)6-4-15/h3-6,17,20H,2,7-14H2,1H3. The number of hydrogen-bond acceptors (Lipinski definition) is 3. The summed E-state index contributed by atoms with van der Waals surface area (Å²) in [4.78, 5) is 2.53. The minimum Gasteiger partial charge on any atom is -0.373 e. The number of likely N-dealkylation sites (tertiary alicyclic amines) is 1. The van der Waals surface area contributed by atoms with E-state index in [2.05, 4.69) is 29.3 Å². The fraction of sp³-hybridized carbons (Fsp3) is 0.667. The van der Waals surface area contributed by atoms with Crippen molar-refractivity contribution in [2.75, 3.05) is 26.2 Å². The molecule has 0 saturated carbocycles. The average molecular weight is 323 g/mol. The summed E-state index contributed by atoms with van der Waals surface area (Å²) in [5, 5.41) is 4.42. The number of hydrogen-bond donors (Lipinski definition) is 1. The van der Waals surface area contributed by atoms with Gasteiger partial charge in [0.25, 0.3) is 0 Å². The third kappa shape index (κ3) is 4.02. The molecule has 3 rings (SSSR count). The molecular weight excluding hydrogens is 296 g/mol. The summed E-state index contributed by atoms with van der Waals surface area (Å²) in [6.07, 6.45) is 4.69. The molecule has 1 unspecified atom stereocenters. The van der Waals surface area contributed by atoms with Crippen LogP contribution in [-0.2, 0) is 11.3 Å². The molecule has 2 saturated heterocycles. The Morgan fingerprint density at radius 2 is 2.00 bits per heavy atom. The highest BCUT2D eigenvalue weighted by atomic mass is 35.5. The Morgan fingerprint density at radius 3 is 2.68 bits per heavy atom. The average Bonchev–Trinajstić information content (AvgIpc) is 2.93. The lowest BCUT2D eigenvalue weighted by Crippen LogP contribution is -2.44. The molecule has 1 atom stereocenters. The Hall–Kier alpha value is -0.610. The van der Waals surface area contributed by atoms with Crippen LogP contribution in [0.3, 0.4) is 0 Å². The number of nitrogens with zero attached hydrogens (tertiary/aromatic N) is 1. The number of benzene rings is 1. The van der Waals surface area contributed by atoms with Gasteiger partial charge in [-0.1, -0.05) is 30.7 Å². The van der Waals surface area contributed by atoms with Crippen LogP contribution in [0.5, 0.6) is 0 Å². The van der Waals surface area contributed by atoms with Crippen molar-refractivity contribution in [2.45, 2.75) is 50.8 Å². The molecule has 1 aromatic carbocycles. The molecule has 2 aliphatic rings. The molecule has 0 bridgehead atoms. The van der Waals surface area contributed by atoms with Gasteiger partial charge in [0.15, 0.2) is 0 Å². The number of rotatable bonds is 5. The molecule has 3 nitrogen and oxygen atoms in total. The van der Waals surface area contributed by atoms with Crippen LogP contribution in [0, 0.1) is 0 Å². The second-order valence-electron chi connectivity index (χ2n) is 6.75. The van der Waals surface area contributed by atoms with Crippen molar-refractivity contribution in [3.05, 3.63) is 34.9 Å². The van der Waals surface area contributed by atoms with E-state index in [9.17, 15) is 0 Å². The van der Waals surface area contributed by atoms with Crippen molar-refractivity contribution >= 4 is 11.6 Å². The van der Waals surface area contributed by atoms with E-state index in [0.717, 1.165) is 50.7 Å². The zero-order valence-corrected chi connectivity index (χ0v) is 14.2. The highest BCUT2D eigenvalue weighted by Crippen LogP contribution is 2.36. The molecule has 4 heteroatoms. The molecule has 0 amide bonds. The number of piperidine rings is 1. The molecule has 22 heavy (non-hydrogen) atoms. The lowest BCUT2D eigenvalue weighted by molar-refractivity contribution is -0.0449. The van der Waals surface area contributed by atoms with Crippen molar-refractivity contribution in [3.8, 4) is 0 Å². The second kappa shape index (κ2) is 7.31. The van der Waals surface area contributed by atoms with Gasteiger partial charge < -0.3 is 10.1 Å². The maximum Gasteiger partial charge on any atom is 0.0723 e. The van der Waals surface area contributed by atoms with Crippen molar-refractivity contribution in [2.24, 2.45) is 0 Å². The Labute approximate surface area is 139 Å². The SMILES string of the molecule is CCCNC1COC2(CCN(Cc3ccc(Cl)cc3)CC2)C1. The van der Waals surface area contributed by atoms with Crippen LogP contribution in [0.25, 0.3) is 0 Å². The summed E-state index contributed by atoms with van der Waals surface area (Å²) in [5.41, 5.74) is 1.48. The molecule has 2 fully saturated rings. The molecule has 2 heterocycles. The quantitative estimate of drug-likeness (QED) is 0.898. The van der Waals surface area contributed by atoms with Gasteiger partial charge in [0.2, 0.25) is 0 Å². The van der Waals surface area contributed by atoms with Crippen molar-refractivity contribution in [1.82, 2.24) is 10.2 Å². The molecule has 122 valence electrons. The van der Waals surface area contributed by atoms with Gasteiger partial charge in [0.05, 0.1) is 12.2 Å². The molecule has 0 aromatic heterocycles. The van der Waals surface area contributed by atoms with Crippen LogP contribution in [0.4, 0.5) is 0 Å². The number of ether oxygens (including phenoxy) is 1. The van der Waals surface area contributed by atoms with Crippen molar-refractivity contribution in [1.29, 1.82) is 0 Å². The lowest BCUT2D eigenvalue weighted by Gasteiger charge is -2.38. The van der Waals surface area contributed by atoms with Gasteiger partial charge >= 0.3 is 0 Å². The smallest absolute Gasteiger partial charge is 0.0723 e. The Morgan fingerprint density at radius 1 is 1.27 bits per heavy atom. The largest absolute Gasteiger partial charge is 0.373 e. The summed E-state index contributed by atoms with van der Waals surface area (Å²) in [7, 11) is 0. The first-order valence-electron chi connectivity index (χ1n) is 8.53. The molecule has 0 radical (unpaired) electrons. The maximum absolute atomic E-state index is 6.20. The van der Waals surface area contributed by atoms with Crippen molar-refractivity contribution in [3.63, 3.8) is 0 Å². The molecule has 1 aromatic rings. The van der Waals surface area contributed by atoms with Crippen LogP contribution in [-0.4, -0.2) is 42.8 Å². The maximum atomic E-state index is 6.20. The summed E-state index contributed by atoms with van der Waals surface area (Å²) >= 11 is 5.95. The predicted molar refractivity (Wildman–Crippen MR) is 91.3 cm³/mol. The first-order chi connectivity index (χ1) is 10.7. The van der Waals surface area contributed by atoms with Crippen LogP contribution in [0.15, 0.2) is 24.3 Å². The third-order valence-corrected chi connectivity index (χ3v) is 5.23. The number of nitrogens with one attached hydrogen (secondary N) is 1. The van der Waals surface area contributed by atoms with Gasteiger partial charge in [-0.2, -0.15) is 0 Å². The minimum absolute atomic E-state index is 0.141. The van der Waals surface area contributed by atoms with E-state index in [4.69, 9.17) is 16.3 Å². The molecule has 2 aliphatic heterocycles. The predicted octanol–water partition coefficient (Wildman–Crippen LogP) is 3.46. The van der Waals surface area contributed by atoms with E-state index in [1.54, 1.807) is 0 Å². The van der Waals surface area contributed by atoms with E-state index in [1.165, 1.54) is 18.4 Å². The molecular formula is C18H27ClN2O. The minimum atomic E-state index is 0.141. The second-order valence-corrected chi connectivity index (χ2v) is 7.19. The molecule has 1 spiro atoms. The summed E-state index contributed by atoms with van der Waals surface area (Å²) < 4.78 is 6.20. The van der Waals surface area contributed by atoms with Crippen LogP contribution in [0.2, 0.25) is 5.02 Å². The Kier molecular flexibility index (Phi) is 5.40. The van der Waals surface area contributed by atoms with E-state index in [0.29, 0.717) is 6.04 Å². The van der Waals surface area contributed by atoms with Crippen LogP contribution >= 0.6 is 11.6 Å². The Balaban J connectivity index is 1.47. The summed E-state index contributed by atoms with van der Waals surface area (Å²) in [6.45, 7) is 7.48. The van der Waals surface area contributed by atoms with Gasteiger partial charge in [-0.25, -0.2) is 0 Å². The summed E-state index contributed by atoms with van der Waals surface area (Å²) in [5.74, 6) is 0. The fourth-order valence-electron chi connectivity index (χ4n) is 3.64. The van der Waals surface area contributed by atoms with E-state index in [1.807, 2.05) is 12.1 Å². The first kappa shape index (κ1) is 16.3. The zero-order valence-electron chi connectivity index (χ0n) is 13.5. The number of halogens is 1. The molecule has 1 N–H and O–H groups in total. The monoisotopic (exact) mass is 322 g/mol. The van der Waals surface area contributed by atoms with E-state index < -0.39 is 0 Å². The topological polar surface area (TPSA) is 24.5 Å². The molecule has 0 aliphatic carbocycles. The summed E-state index contributed by atoms with van der Waals surface area (Å²) in [6, 6.07) is 8.77. The van der Waals surface area contributed by atoms with Gasteiger partial charge in [-0.05, 0) is 49.9 Å². The van der Waals surface area contributed by atoms with E-state index in [-0.39, 0.29) is 5.60 Å². The van der Waals surface area contributed by atoms with Gasteiger partial charge in [-0.3, -0.25) is 4.90 Å². The highest BCUT2D eigenvalue weighted by Gasteiger charge is 2.42. The van der Waals surface area contributed by atoms with Crippen molar-refractivity contribution < 1.29 is 4.74 Å². The zero-order chi connectivity index (χ0) is 15.4. The normalized spacial score (nSPS) is 24.9. The lowest BCUT2D eigenvalue weighted by atomic mass is 9.87. The van der Waals surface area contributed by atoms with Crippen LogP contribution < -0.4 is 5.32 Å². The van der Waals surface area contributed by atoms with Gasteiger partial charge in [-0.15, -0.1) is 0 Å². The van der Waals surface area contributed by atoms with E-state index >= 15 is 0 Å². The van der Waals surface area contributed by atoms with Crippen LogP contribution in [0.1, 0.15) is 38.2 Å². The highest BCUT2D eigenvalue weighted by molar-refractivity contribution is 6.30. The third-order valence-electron chi connectivity index (χ3n) is 4.98. The fourth-order valence-corrected chi connectivity index (χ4v) is 3.76.